The van der Waals surface area contributed by atoms with Crippen molar-refractivity contribution in [2.45, 2.75) is 18.7 Å². The predicted molar refractivity (Wildman–Crippen MR) is 103 cm³/mol. The average Bonchev–Trinajstić information content (AvgIpc) is 3.16. The van der Waals surface area contributed by atoms with E-state index >= 15 is 0 Å². The van der Waals surface area contributed by atoms with Crippen molar-refractivity contribution in [3.8, 4) is 5.75 Å². The van der Waals surface area contributed by atoms with Gasteiger partial charge in [-0.1, -0.05) is 29.8 Å². The van der Waals surface area contributed by atoms with Crippen molar-refractivity contribution in [1.29, 1.82) is 0 Å². The summed E-state index contributed by atoms with van der Waals surface area (Å²) in [5.74, 6) is -1.59. The molecule has 0 radical (unpaired) electrons. The minimum absolute atomic E-state index is 0.199. The van der Waals surface area contributed by atoms with Gasteiger partial charge in [-0.05, 0) is 48.0 Å². The summed E-state index contributed by atoms with van der Waals surface area (Å²) < 4.78 is 46.7. The first-order valence-corrected chi connectivity index (χ1v) is 9.40. The van der Waals surface area contributed by atoms with E-state index in [9.17, 15) is 13.2 Å². The van der Waals surface area contributed by atoms with E-state index < -0.39 is 17.9 Å². The quantitative estimate of drug-likeness (QED) is 0.513. The van der Waals surface area contributed by atoms with Crippen LogP contribution in [0.5, 0.6) is 5.75 Å². The van der Waals surface area contributed by atoms with E-state index in [1.165, 1.54) is 18.2 Å². The van der Waals surface area contributed by atoms with E-state index in [1.54, 1.807) is 29.3 Å². The van der Waals surface area contributed by atoms with E-state index in [4.69, 9.17) is 21.4 Å². The molecule has 29 heavy (non-hydrogen) atoms. The van der Waals surface area contributed by atoms with Crippen molar-refractivity contribution < 1.29 is 17.9 Å². The lowest BCUT2D eigenvalue weighted by Gasteiger charge is -2.38. The first-order valence-electron chi connectivity index (χ1n) is 9.02. The number of rotatable bonds is 2. The van der Waals surface area contributed by atoms with Crippen molar-refractivity contribution in [1.82, 2.24) is 5.01 Å². The Balaban J connectivity index is 1.61. The summed E-state index contributed by atoms with van der Waals surface area (Å²) in [7, 11) is 0. The van der Waals surface area contributed by atoms with Crippen LogP contribution in [0.15, 0.2) is 65.8 Å². The van der Waals surface area contributed by atoms with Crippen molar-refractivity contribution in [3.05, 3.63) is 99.8 Å². The van der Waals surface area contributed by atoms with Crippen LogP contribution in [-0.2, 0) is 0 Å². The highest BCUT2D eigenvalue weighted by atomic mass is 35.5. The lowest BCUT2D eigenvalue weighted by atomic mass is 9.96. The molecule has 2 heterocycles. The standard InChI is InChI=1S/C22H14ClF3N2O/c23-14-4-8-21-16(10-14)20-11-19(12-1-5-15(24)6-2-12)27-28(20)22(29-21)13-3-7-17(25)18(26)9-13/h1-10,20,22H,11H2/t20-,22+/m1/s1. The fourth-order valence-corrected chi connectivity index (χ4v) is 3.94. The first-order chi connectivity index (χ1) is 14.0. The number of hydrogen-bond donors (Lipinski definition) is 0. The molecule has 3 nitrogen and oxygen atoms in total. The van der Waals surface area contributed by atoms with Gasteiger partial charge in [-0.15, -0.1) is 0 Å². The molecule has 0 amide bonds. The second kappa shape index (κ2) is 6.81. The van der Waals surface area contributed by atoms with Gasteiger partial charge in [0.1, 0.15) is 11.6 Å². The van der Waals surface area contributed by atoms with Gasteiger partial charge in [0.25, 0.3) is 0 Å². The Labute approximate surface area is 170 Å². The Morgan fingerprint density at radius 1 is 0.931 bits per heavy atom. The van der Waals surface area contributed by atoms with E-state index in [2.05, 4.69) is 0 Å². The van der Waals surface area contributed by atoms with Crippen LogP contribution >= 0.6 is 11.6 Å². The van der Waals surface area contributed by atoms with Gasteiger partial charge < -0.3 is 4.74 Å². The third-order valence-corrected chi connectivity index (χ3v) is 5.39. The van der Waals surface area contributed by atoms with Gasteiger partial charge in [-0.3, -0.25) is 0 Å². The van der Waals surface area contributed by atoms with Crippen molar-refractivity contribution in [2.24, 2.45) is 5.10 Å². The third-order valence-electron chi connectivity index (χ3n) is 5.16. The normalized spacial score (nSPS) is 20.0. The van der Waals surface area contributed by atoms with Crippen LogP contribution < -0.4 is 4.74 Å². The van der Waals surface area contributed by atoms with E-state index in [0.29, 0.717) is 22.8 Å². The Kier molecular flexibility index (Phi) is 4.24. The molecule has 2 aliphatic rings. The smallest absolute Gasteiger partial charge is 0.213 e. The second-order valence-electron chi connectivity index (χ2n) is 6.98. The van der Waals surface area contributed by atoms with Crippen LogP contribution in [0.2, 0.25) is 5.02 Å². The molecule has 0 saturated carbocycles. The zero-order valence-electron chi connectivity index (χ0n) is 14.9. The summed E-state index contributed by atoms with van der Waals surface area (Å²) in [6.45, 7) is 0. The third kappa shape index (κ3) is 3.13. The monoisotopic (exact) mass is 414 g/mol. The molecule has 0 N–H and O–H groups in total. The predicted octanol–water partition coefficient (Wildman–Crippen LogP) is 6.00. The fraction of sp³-hybridized carbons (Fsp3) is 0.136. The van der Waals surface area contributed by atoms with Gasteiger partial charge in [0, 0.05) is 22.6 Å². The van der Waals surface area contributed by atoms with Gasteiger partial charge >= 0.3 is 0 Å². The van der Waals surface area contributed by atoms with E-state index in [-0.39, 0.29) is 11.9 Å². The molecule has 3 aromatic carbocycles. The molecule has 5 rings (SSSR count). The van der Waals surface area contributed by atoms with Crippen molar-refractivity contribution in [3.63, 3.8) is 0 Å². The maximum atomic E-state index is 13.9. The number of hydrogen-bond acceptors (Lipinski definition) is 3. The largest absolute Gasteiger partial charge is 0.464 e. The number of benzene rings is 3. The SMILES string of the molecule is Fc1ccc(C2=NN3[C@H](C2)c2cc(Cl)ccc2O[C@H]3c2ccc(F)c(F)c2)cc1. The van der Waals surface area contributed by atoms with Crippen LogP contribution in [0, 0.1) is 17.5 Å². The lowest BCUT2D eigenvalue weighted by Crippen LogP contribution is -2.33. The molecule has 0 fully saturated rings. The minimum atomic E-state index is -0.952. The number of fused-ring (bicyclic) bond motifs is 3. The Hall–Kier alpha value is -2.99. The zero-order valence-corrected chi connectivity index (χ0v) is 15.7. The molecule has 3 aromatic rings. The molecule has 0 spiro atoms. The number of halogens is 4. The molecule has 0 aromatic heterocycles. The maximum absolute atomic E-state index is 13.9. The molecular weight excluding hydrogens is 401 g/mol. The van der Waals surface area contributed by atoms with Crippen LogP contribution in [0.25, 0.3) is 0 Å². The molecule has 0 saturated heterocycles. The van der Waals surface area contributed by atoms with Gasteiger partial charge in [0.2, 0.25) is 6.23 Å². The summed E-state index contributed by atoms with van der Waals surface area (Å²) in [5.41, 5.74) is 2.84. The maximum Gasteiger partial charge on any atom is 0.213 e. The molecule has 0 aliphatic carbocycles. The second-order valence-corrected chi connectivity index (χ2v) is 7.42. The van der Waals surface area contributed by atoms with E-state index in [1.807, 2.05) is 6.07 Å². The first kappa shape index (κ1) is 18.1. The molecule has 7 heteroatoms. The Morgan fingerprint density at radius 2 is 1.72 bits per heavy atom. The van der Waals surface area contributed by atoms with Crippen molar-refractivity contribution >= 4 is 17.3 Å². The highest BCUT2D eigenvalue weighted by molar-refractivity contribution is 6.30. The summed E-state index contributed by atoms with van der Waals surface area (Å²) >= 11 is 6.19. The zero-order chi connectivity index (χ0) is 20.1. The number of hydrazone groups is 1. The van der Waals surface area contributed by atoms with Gasteiger partial charge in [0.15, 0.2) is 11.6 Å². The van der Waals surface area contributed by atoms with Gasteiger partial charge in [-0.25, -0.2) is 18.2 Å². The summed E-state index contributed by atoms with van der Waals surface area (Å²) in [4.78, 5) is 0. The molecule has 2 atom stereocenters. The lowest BCUT2D eigenvalue weighted by molar-refractivity contribution is -0.0192. The Morgan fingerprint density at radius 3 is 2.48 bits per heavy atom. The van der Waals surface area contributed by atoms with Gasteiger partial charge in [0.05, 0.1) is 11.8 Å². The van der Waals surface area contributed by atoms with Crippen LogP contribution in [0.1, 0.15) is 35.4 Å². The molecule has 2 aliphatic heterocycles. The molecule has 146 valence electrons. The molecular formula is C22H14ClF3N2O. The Bertz CT molecular complexity index is 1130. The fourth-order valence-electron chi connectivity index (χ4n) is 3.76. The highest BCUT2D eigenvalue weighted by Gasteiger charge is 2.41. The summed E-state index contributed by atoms with van der Waals surface area (Å²) in [5, 5.41) is 6.98. The number of nitrogens with zero attached hydrogens (tertiary/aromatic N) is 2. The topological polar surface area (TPSA) is 24.8 Å². The van der Waals surface area contributed by atoms with Crippen molar-refractivity contribution in [2.75, 3.05) is 0 Å². The minimum Gasteiger partial charge on any atom is -0.464 e. The van der Waals surface area contributed by atoms with Crippen LogP contribution in [-0.4, -0.2) is 10.7 Å². The van der Waals surface area contributed by atoms with Crippen LogP contribution in [0.3, 0.4) is 0 Å². The van der Waals surface area contributed by atoms with E-state index in [0.717, 1.165) is 29.0 Å². The summed E-state index contributed by atoms with van der Waals surface area (Å²) in [6.07, 6.45) is -0.190. The molecule has 0 bridgehead atoms. The number of ether oxygens (including phenoxy) is 1. The highest BCUT2D eigenvalue weighted by Crippen LogP contribution is 2.48. The molecule has 0 unspecified atom stereocenters. The summed E-state index contributed by atoms with van der Waals surface area (Å²) in [6, 6.07) is 14.9. The van der Waals surface area contributed by atoms with Gasteiger partial charge in [-0.2, -0.15) is 5.10 Å². The van der Waals surface area contributed by atoms with Crippen LogP contribution in [0.4, 0.5) is 13.2 Å². The average molecular weight is 415 g/mol.